The molecule has 94 valence electrons. The molecule has 0 unspecified atom stereocenters. The van der Waals surface area contributed by atoms with Gasteiger partial charge in [-0.15, -0.1) is 0 Å². The lowest BCUT2D eigenvalue weighted by molar-refractivity contribution is 0.869. The Labute approximate surface area is 106 Å². The summed E-state index contributed by atoms with van der Waals surface area (Å²) in [6.07, 6.45) is 0.893. The summed E-state index contributed by atoms with van der Waals surface area (Å²) in [5.41, 5.74) is 13.0. The molecule has 1 aromatic heterocycles. The summed E-state index contributed by atoms with van der Waals surface area (Å²) in [6.45, 7) is 1.43. The van der Waals surface area contributed by atoms with Gasteiger partial charge in [-0.1, -0.05) is 30.3 Å². The smallest absolute Gasteiger partial charge is 0.222 e. The number of benzene rings is 1. The highest BCUT2D eigenvalue weighted by Gasteiger charge is 2.03. The molecule has 0 radical (unpaired) electrons. The summed E-state index contributed by atoms with van der Waals surface area (Å²) in [5, 5.41) is 3.19. The highest BCUT2D eigenvalue weighted by atomic mass is 15.1. The van der Waals surface area contributed by atoms with Crippen LogP contribution < -0.4 is 16.8 Å². The Hall–Kier alpha value is -2.14. The molecule has 0 amide bonds. The third kappa shape index (κ3) is 3.18. The number of aromatic nitrogens is 2. The first-order chi connectivity index (χ1) is 8.79. The van der Waals surface area contributed by atoms with Crippen molar-refractivity contribution in [1.82, 2.24) is 9.97 Å². The van der Waals surface area contributed by atoms with Crippen molar-refractivity contribution in [1.29, 1.82) is 0 Å². The summed E-state index contributed by atoms with van der Waals surface area (Å²) >= 11 is 0. The minimum Gasteiger partial charge on any atom is -0.370 e. The number of nitrogens with zero attached hydrogens (tertiary/aromatic N) is 2. The molecule has 0 saturated carbocycles. The van der Waals surface area contributed by atoms with E-state index in [1.807, 2.05) is 36.4 Å². The Kier molecular flexibility index (Phi) is 4.09. The third-order valence-corrected chi connectivity index (χ3v) is 2.50. The lowest BCUT2D eigenvalue weighted by atomic mass is 10.1. The largest absolute Gasteiger partial charge is 0.370 e. The van der Waals surface area contributed by atoms with Crippen molar-refractivity contribution >= 4 is 11.8 Å². The number of hydrogen-bond acceptors (Lipinski definition) is 5. The normalized spacial score (nSPS) is 10.3. The molecule has 1 aromatic carbocycles. The van der Waals surface area contributed by atoms with Gasteiger partial charge in [0.2, 0.25) is 5.95 Å². The maximum absolute atomic E-state index is 5.71. The number of rotatable bonds is 5. The Balaban J connectivity index is 2.21. The Morgan fingerprint density at radius 1 is 1.11 bits per heavy atom. The molecule has 0 spiro atoms. The minimum absolute atomic E-state index is 0.270. The number of hydrogen-bond donors (Lipinski definition) is 3. The van der Waals surface area contributed by atoms with Gasteiger partial charge in [-0.3, -0.25) is 0 Å². The zero-order valence-electron chi connectivity index (χ0n) is 10.1. The number of nitrogen functional groups attached to an aromatic ring is 1. The monoisotopic (exact) mass is 243 g/mol. The quantitative estimate of drug-likeness (QED) is 0.692. The van der Waals surface area contributed by atoms with Crippen LogP contribution in [0.2, 0.25) is 0 Å². The molecular formula is C13H17N5. The Morgan fingerprint density at radius 3 is 2.61 bits per heavy atom. The molecule has 0 saturated heterocycles. The van der Waals surface area contributed by atoms with Crippen molar-refractivity contribution in [2.75, 3.05) is 24.1 Å². The second-order valence-electron chi connectivity index (χ2n) is 3.93. The van der Waals surface area contributed by atoms with Gasteiger partial charge in [0.05, 0.1) is 5.69 Å². The number of nitrogens with one attached hydrogen (secondary N) is 1. The van der Waals surface area contributed by atoms with Gasteiger partial charge in [0.1, 0.15) is 5.82 Å². The summed E-state index contributed by atoms with van der Waals surface area (Å²) in [4.78, 5) is 8.38. The van der Waals surface area contributed by atoms with Gasteiger partial charge in [-0.05, 0) is 13.0 Å². The highest BCUT2D eigenvalue weighted by molar-refractivity contribution is 5.63. The van der Waals surface area contributed by atoms with Gasteiger partial charge in [-0.2, -0.15) is 4.98 Å². The van der Waals surface area contributed by atoms with Crippen LogP contribution in [0.3, 0.4) is 0 Å². The fraction of sp³-hybridized carbons (Fsp3) is 0.231. The van der Waals surface area contributed by atoms with E-state index < -0.39 is 0 Å². The fourth-order valence-corrected chi connectivity index (χ4v) is 1.63. The van der Waals surface area contributed by atoms with Crippen LogP contribution in [0.1, 0.15) is 6.42 Å². The van der Waals surface area contributed by atoms with E-state index in [1.165, 1.54) is 0 Å². The van der Waals surface area contributed by atoms with E-state index in [-0.39, 0.29) is 5.95 Å². The van der Waals surface area contributed by atoms with Crippen LogP contribution in [0.5, 0.6) is 0 Å². The molecule has 2 rings (SSSR count). The molecule has 2 aromatic rings. The molecule has 0 aliphatic heterocycles. The van der Waals surface area contributed by atoms with Crippen molar-refractivity contribution in [3.8, 4) is 11.3 Å². The van der Waals surface area contributed by atoms with Crippen LogP contribution in [0.15, 0.2) is 36.4 Å². The Morgan fingerprint density at radius 2 is 1.89 bits per heavy atom. The van der Waals surface area contributed by atoms with Crippen LogP contribution in [0.4, 0.5) is 11.8 Å². The van der Waals surface area contributed by atoms with Crippen molar-refractivity contribution < 1.29 is 0 Å². The zero-order chi connectivity index (χ0) is 12.8. The van der Waals surface area contributed by atoms with E-state index in [0.29, 0.717) is 6.54 Å². The second-order valence-corrected chi connectivity index (χ2v) is 3.93. The molecular weight excluding hydrogens is 226 g/mol. The van der Waals surface area contributed by atoms with Crippen molar-refractivity contribution in [2.24, 2.45) is 5.73 Å². The molecule has 1 heterocycles. The van der Waals surface area contributed by atoms with Crippen LogP contribution in [-0.4, -0.2) is 23.1 Å². The van der Waals surface area contributed by atoms with Crippen LogP contribution >= 0.6 is 0 Å². The summed E-state index contributed by atoms with van der Waals surface area (Å²) < 4.78 is 0. The highest BCUT2D eigenvalue weighted by Crippen LogP contribution is 2.20. The SMILES string of the molecule is NCCCNc1cc(-c2ccccc2)nc(N)n1. The fourth-order valence-electron chi connectivity index (χ4n) is 1.63. The average molecular weight is 243 g/mol. The van der Waals surface area contributed by atoms with Gasteiger partial charge in [0, 0.05) is 18.2 Å². The van der Waals surface area contributed by atoms with E-state index in [2.05, 4.69) is 15.3 Å². The first kappa shape index (κ1) is 12.3. The maximum atomic E-state index is 5.71. The number of anilines is 2. The first-order valence-corrected chi connectivity index (χ1v) is 5.93. The average Bonchev–Trinajstić information content (AvgIpc) is 2.39. The van der Waals surface area contributed by atoms with E-state index >= 15 is 0 Å². The van der Waals surface area contributed by atoms with E-state index in [0.717, 1.165) is 30.0 Å². The molecule has 0 bridgehead atoms. The molecule has 5 heteroatoms. The van der Waals surface area contributed by atoms with Crippen LogP contribution in [0.25, 0.3) is 11.3 Å². The summed E-state index contributed by atoms with van der Waals surface area (Å²) in [7, 11) is 0. The first-order valence-electron chi connectivity index (χ1n) is 5.93. The zero-order valence-corrected chi connectivity index (χ0v) is 10.1. The van der Waals surface area contributed by atoms with Crippen LogP contribution in [-0.2, 0) is 0 Å². The molecule has 5 N–H and O–H groups in total. The van der Waals surface area contributed by atoms with Crippen molar-refractivity contribution in [3.05, 3.63) is 36.4 Å². The second kappa shape index (κ2) is 5.97. The van der Waals surface area contributed by atoms with E-state index in [4.69, 9.17) is 11.5 Å². The lowest BCUT2D eigenvalue weighted by Gasteiger charge is -2.07. The van der Waals surface area contributed by atoms with Gasteiger partial charge in [0.15, 0.2) is 0 Å². The molecule has 0 aliphatic rings. The summed E-state index contributed by atoms with van der Waals surface area (Å²) in [5.74, 6) is 1.00. The van der Waals surface area contributed by atoms with E-state index in [1.54, 1.807) is 0 Å². The van der Waals surface area contributed by atoms with Gasteiger partial charge in [0.25, 0.3) is 0 Å². The van der Waals surface area contributed by atoms with Gasteiger partial charge < -0.3 is 16.8 Å². The minimum atomic E-state index is 0.270. The lowest BCUT2D eigenvalue weighted by Crippen LogP contribution is -2.10. The molecule has 18 heavy (non-hydrogen) atoms. The number of nitrogens with two attached hydrogens (primary N) is 2. The topological polar surface area (TPSA) is 89.8 Å². The molecule has 5 nitrogen and oxygen atoms in total. The molecule has 0 fully saturated rings. The van der Waals surface area contributed by atoms with E-state index in [9.17, 15) is 0 Å². The predicted octanol–water partition coefficient (Wildman–Crippen LogP) is 1.49. The van der Waals surface area contributed by atoms with Gasteiger partial charge >= 0.3 is 0 Å². The van der Waals surface area contributed by atoms with Crippen molar-refractivity contribution in [3.63, 3.8) is 0 Å². The standard InChI is InChI=1S/C13H17N5/c14-7-4-8-16-12-9-11(17-13(15)18-12)10-5-2-1-3-6-10/h1-3,5-6,9H,4,7-8,14H2,(H3,15,16,17,18). The predicted molar refractivity (Wildman–Crippen MR) is 74.0 cm³/mol. The van der Waals surface area contributed by atoms with Gasteiger partial charge in [-0.25, -0.2) is 4.98 Å². The third-order valence-electron chi connectivity index (χ3n) is 2.50. The van der Waals surface area contributed by atoms with Crippen molar-refractivity contribution in [2.45, 2.75) is 6.42 Å². The maximum Gasteiger partial charge on any atom is 0.222 e. The Bertz CT molecular complexity index is 498. The van der Waals surface area contributed by atoms with Crippen LogP contribution in [0, 0.1) is 0 Å². The molecule has 0 aliphatic carbocycles. The molecule has 0 atom stereocenters. The summed E-state index contributed by atoms with van der Waals surface area (Å²) in [6, 6.07) is 11.8.